The molecular weight excluding hydrogens is 382 g/mol. The summed E-state index contributed by atoms with van der Waals surface area (Å²) in [5.74, 6) is 0.0416. The fourth-order valence-corrected chi connectivity index (χ4v) is 4.64. The Morgan fingerprint density at radius 2 is 1.93 bits per heavy atom. The summed E-state index contributed by atoms with van der Waals surface area (Å²) in [6.45, 7) is 6.75. The lowest BCUT2D eigenvalue weighted by atomic mass is 9.96. The van der Waals surface area contributed by atoms with E-state index in [0.29, 0.717) is 18.5 Å². The third-order valence-corrected chi connectivity index (χ3v) is 6.41. The number of likely N-dealkylation sites (tertiary alicyclic amines) is 1. The average molecular weight is 414 g/mol. The molecule has 1 amide bonds. The van der Waals surface area contributed by atoms with Crippen molar-refractivity contribution >= 4 is 22.5 Å². The SMILES string of the molecule is CC(=O)N1CCCCC(O)(CN2CCN(c3ccc4c(=O)n(C)cnc4c3)CC2)C1. The average Bonchev–Trinajstić information content (AvgIpc) is 2.93. The van der Waals surface area contributed by atoms with Crippen LogP contribution in [-0.2, 0) is 11.8 Å². The Bertz CT molecular complexity index is 982. The van der Waals surface area contributed by atoms with E-state index in [1.807, 2.05) is 18.2 Å². The van der Waals surface area contributed by atoms with Crippen molar-refractivity contribution in [2.24, 2.45) is 7.05 Å². The standard InChI is InChI=1S/C22H31N5O3/c1-17(28)27-8-4-3-7-22(30,15-27)14-25-9-11-26(12-10-25)18-5-6-19-20(13-18)23-16-24(2)21(19)29/h5-6,13,16,30H,3-4,7-12,14-15H2,1-2H3. The summed E-state index contributed by atoms with van der Waals surface area (Å²) < 4.78 is 1.49. The van der Waals surface area contributed by atoms with Crippen molar-refractivity contribution in [2.75, 3.05) is 50.7 Å². The summed E-state index contributed by atoms with van der Waals surface area (Å²) in [5.41, 5.74) is 0.915. The third-order valence-electron chi connectivity index (χ3n) is 6.41. The number of aryl methyl sites for hydroxylation is 1. The van der Waals surface area contributed by atoms with E-state index >= 15 is 0 Å². The molecule has 0 aliphatic carbocycles. The Morgan fingerprint density at radius 3 is 2.67 bits per heavy atom. The quantitative estimate of drug-likeness (QED) is 0.802. The fourth-order valence-electron chi connectivity index (χ4n) is 4.64. The summed E-state index contributed by atoms with van der Waals surface area (Å²) in [7, 11) is 1.71. The first kappa shape index (κ1) is 20.8. The van der Waals surface area contributed by atoms with E-state index in [1.165, 1.54) is 4.57 Å². The van der Waals surface area contributed by atoms with Crippen LogP contribution in [-0.4, -0.2) is 81.8 Å². The van der Waals surface area contributed by atoms with Gasteiger partial charge in [0.15, 0.2) is 0 Å². The molecule has 2 fully saturated rings. The van der Waals surface area contributed by atoms with E-state index in [2.05, 4.69) is 14.8 Å². The lowest BCUT2D eigenvalue weighted by Gasteiger charge is -2.41. The number of aliphatic hydroxyl groups is 1. The number of amides is 1. The van der Waals surface area contributed by atoms with Crippen LogP contribution in [0.4, 0.5) is 5.69 Å². The Hall–Kier alpha value is -2.45. The zero-order valence-electron chi connectivity index (χ0n) is 17.9. The number of benzene rings is 1. The van der Waals surface area contributed by atoms with Crippen LogP contribution in [0, 0.1) is 0 Å². The lowest BCUT2D eigenvalue weighted by molar-refractivity contribution is -0.132. The summed E-state index contributed by atoms with van der Waals surface area (Å²) in [6.07, 6.45) is 4.20. The Kier molecular flexibility index (Phi) is 5.79. The van der Waals surface area contributed by atoms with Crippen LogP contribution >= 0.6 is 0 Å². The van der Waals surface area contributed by atoms with Crippen LogP contribution in [0.15, 0.2) is 29.3 Å². The van der Waals surface area contributed by atoms with E-state index in [0.717, 1.165) is 63.2 Å². The molecule has 1 atom stereocenters. The molecule has 30 heavy (non-hydrogen) atoms. The second-order valence-corrected chi connectivity index (χ2v) is 8.75. The molecule has 2 saturated heterocycles. The highest BCUT2D eigenvalue weighted by Gasteiger charge is 2.35. The van der Waals surface area contributed by atoms with Crippen molar-refractivity contribution in [3.05, 3.63) is 34.9 Å². The number of piperazine rings is 1. The molecule has 8 nitrogen and oxygen atoms in total. The second kappa shape index (κ2) is 8.35. The number of fused-ring (bicyclic) bond motifs is 1. The molecule has 4 rings (SSSR count). The fraction of sp³-hybridized carbons (Fsp3) is 0.591. The molecule has 162 valence electrons. The van der Waals surface area contributed by atoms with Crippen molar-refractivity contribution in [3.8, 4) is 0 Å². The van der Waals surface area contributed by atoms with Crippen molar-refractivity contribution in [1.29, 1.82) is 0 Å². The predicted octanol–water partition coefficient (Wildman–Crippen LogP) is 0.819. The van der Waals surface area contributed by atoms with Gasteiger partial charge in [-0.2, -0.15) is 0 Å². The minimum atomic E-state index is -0.836. The number of carbonyl (C=O) groups is 1. The molecule has 2 aliphatic heterocycles. The largest absolute Gasteiger partial charge is 0.387 e. The number of hydrogen-bond acceptors (Lipinski definition) is 6. The molecule has 3 heterocycles. The summed E-state index contributed by atoms with van der Waals surface area (Å²) in [5, 5.41) is 11.8. The minimum absolute atomic E-state index is 0.0346. The predicted molar refractivity (Wildman–Crippen MR) is 117 cm³/mol. The normalized spacial score (nSPS) is 23.6. The molecule has 2 aliphatic rings. The number of hydrogen-bond donors (Lipinski definition) is 1. The van der Waals surface area contributed by atoms with Crippen LogP contribution in [0.1, 0.15) is 26.2 Å². The maximum atomic E-state index is 12.2. The van der Waals surface area contributed by atoms with Gasteiger partial charge in [0, 0.05) is 58.9 Å². The van der Waals surface area contributed by atoms with Gasteiger partial charge in [0.1, 0.15) is 0 Å². The van der Waals surface area contributed by atoms with Gasteiger partial charge in [-0.15, -0.1) is 0 Å². The van der Waals surface area contributed by atoms with Gasteiger partial charge in [0.25, 0.3) is 5.56 Å². The van der Waals surface area contributed by atoms with E-state index in [1.54, 1.807) is 25.2 Å². The molecule has 0 spiro atoms. The first-order valence-electron chi connectivity index (χ1n) is 10.8. The van der Waals surface area contributed by atoms with Crippen LogP contribution < -0.4 is 10.5 Å². The number of β-amino-alcohol motifs (C(OH)–C–C–N with tert-alkyl or cyclic N) is 1. The molecule has 0 bridgehead atoms. The number of aromatic nitrogens is 2. The van der Waals surface area contributed by atoms with Crippen molar-refractivity contribution in [2.45, 2.75) is 31.8 Å². The Labute approximate surface area is 176 Å². The smallest absolute Gasteiger partial charge is 0.260 e. The molecule has 1 aromatic heterocycles. The molecule has 2 aromatic rings. The van der Waals surface area contributed by atoms with E-state index < -0.39 is 5.60 Å². The zero-order valence-corrected chi connectivity index (χ0v) is 17.9. The van der Waals surface area contributed by atoms with Crippen molar-refractivity contribution in [3.63, 3.8) is 0 Å². The van der Waals surface area contributed by atoms with Crippen LogP contribution in [0.25, 0.3) is 10.9 Å². The van der Waals surface area contributed by atoms with Gasteiger partial charge in [-0.05, 0) is 37.5 Å². The second-order valence-electron chi connectivity index (χ2n) is 8.75. The van der Waals surface area contributed by atoms with Crippen molar-refractivity contribution in [1.82, 2.24) is 19.4 Å². The molecule has 1 aromatic carbocycles. The lowest BCUT2D eigenvalue weighted by Crippen LogP contribution is -2.55. The van der Waals surface area contributed by atoms with Crippen LogP contribution in [0.5, 0.6) is 0 Å². The molecule has 0 radical (unpaired) electrons. The summed E-state index contributed by atoms with van der Waals surface area (Å²) >= 11 is 0. The molecule has 0 saturated carbocycles. The maximum absolute atomic E-state index is 12.2. The zero-order chi connectivity index (χ0) is 21.3. The topological polar surface area (TPSA) is 81.9 Å². The number of carbonyl (C=O) groups excluding carboxylic acids is 1. The van der Waals surface area contributed by atoms with Gasteiger partial charge in [-0.3, -0.25) is 14.5 Å². The van der Waals surface area contributed by atoms with E-state index in [-0.39, 0.29) is 11.5 Å². The highest BCUT2D eigenvalue weighted by Crippen LogP contribution is 2.25. The molecule has 1 N–H and O–H groups in total. The molecule has 1 unspecified atom stereocenters. The number of nitrogens with zero attached hydrogens (tertiary/aromatic N) is 5. The van der Waals surface area contributed by atoms with E-state index in [9.17, 15) is 14.7 Å². The maximum Gasteiger partial charge on any atom is 0.260 e. The van der Waals surface area contributed by atoms with Gasteiger partial charge >= 0.3 is 0 Å². The highest BCUT2D eigenvalue weighted by molar-refractivity contribution is 5.81. The monoisotopic (exact) mass is 413 g/mol. The van der Waals surface area contributed by atoms with Gasteiger partial charge in [-0.1, -0.05) is 0 Å². The van der Waals surface area contributed by atoms with Gasteiger partial charge in [0.2, 0.25) is 5.91 Å². The van der Waals surface area contributed by atoms with Crippen molar-refractivity contribution < 1.29 is 9.90 Å². The highest BCUT2D eigenvalue weighted by atomic mass is 16.3. The number of anilines is 1. The van der Waals surface area contributed by atoms with Crippen LogP contribution in [0.3, 0.4) is 0 Å². The number of rotatable bonds is 3. The first-order valence-corrected chi connectivity index (χ1v) is 10.8. The summed E-state index contributed by atoms with van der Waals surface area (Å²) in [6, 6.07) is 5.83. The van der Waals surface area contributed by atoms with E-state index in [4.69, 9.17) is 0 Å². The molecular formula is C22H31N5O3. The van der Waals surface area contributed by atoms with Gasteiger partial charge in [-0.25, -0.2) is 4.98 Å². The Balaban J connectivity index is 1.40. The van der Waals surface area contributed by atoms with Crippen LogP contribution in [0.2, 0.25) is 0 Å². The van der Waals surface area contributed by atoms with Gasteiger partial charge in [0.05, 0.1) is 29.4 Å². The first-order chi connectivity index (χ1) is 14.3. The minimum Gasteiger partial charge on any atom is -0.387 e. The third kappa shape index (κ3) is 4.34. The summed E-state index contributed by atoms with van der Waals surface area (Å²) in [4.78, 5) is 34.8. The Morgan fingerprint density at radius 1 is 1.17 bits per heavy atom. The van der Waals surface area contributed by atoms with Gasteiger partial charge < -0.3 is 19.5 Å². The molecule has 8 heteroatoms.